The molecule has 4 heterocycles. The number of nitrogens with zero attached hydrogens (tertiary/aromatic N) is 3. The standard InChI is InChI=1S/C19H25N3O2S/c1-14-3-5-20-8-16(14)10-23-17-4-6-24-19(7-17)12-22(13-19)9-18-21-15(2)11-25-18/h3,5,8,11,17H,4,6-7,9-10,12-13H2,1-2H3/t17-/m0/s1. The molecule has 1 atom stereocenters. The molecule has 0 radical (unpaired) electrons. The van der Waals surface area contributed by atoms with Crippen LogP contribution in [0.1, 0.15) is 34.7 Å². The number of rotatable bonds is 5. The summed E-state index contributed by atoms with van der Waals surface area (Å²) in [5, 5.41) is 3.31. The monoisotopic (exact) mass is 359 g/mol. The molecular formula is C19H25N3O2S. The lowest BCUT2D eigenvalue weighted by Crippen LogP contribution is -2.65. The van der Waals surface area contributed by atoms with E-state index in [4.69, 9.17) is 9.47 Å². The van der Waals surface area contributed by atoms with Gasteiger partial charge in [-0.25, -0.2) is 4.98 Å². The zero-order chi connectivity index (χ0) is 17.3. The van der Waals surface area contributed by atoms with Crippen molar-refractivity contribution in [2.24, 2.45) is 0 Å². The highest BCUT2D eigenvalue weighted by Gasteiger charge is 2.47. The van der Waals surface area contributed by atoms with E-state index in [1.807, 2.05) is 25.4 Å². The molecule has 6 heteroatoms. The average Bonchev–Trinajstić information content (AvgIpc) is 2.98. The molecule has 2 aromatic heterocycles. The third kappa shape index (κ3) is 3.92. The van der Waals surface area contributed by atoms with Crippen LogP contribution in [0, 0.1) is 13.8 Å². The molecule has 134 valence electrons. The van der Waals surface area contributed by atoms with Crippen molar-refractivity contribution < 1.29 is 9.47 Å². The highest BCUT2D eigenvalue weighted by molar-refractivity contribution is 7.09. The van der Waals surface area contributed by atoms with Crippen LogP contribution in [0.5, 0.6) is 0 Å². The zero-order valence-corrected chi connectivity index (χ0v) is 15.7. The first-order valence-corrected chi connectivity index (χ1v) is 9.78. The summed E-state index contributed by atoms with van der Waals surface area (Å²) in [5.74, 6) is 0. The SMILES string of the molecule is Cc1csc(CN2CC3(C[C@@H](OCc4cnccc4C)CCO3)C2)n1. The van der Waals surface area contributed by atoms with Gasteiger partial charge in [-0.2, -0.15) is 0 Å². The van der Waals surface area contributed by atoms with Crippen molar-refractivity contribution in [1.29, 1.82) is 0 Å². The molecule has 2 aliphatic rings. The molecule has 0 unspecified atom stereocenters. The Morgan fingerprint density at radius 1 is 1.40 bits per heavy atom. The predicted octanol–water partition coefficient (Wildman–Crippen LogP) is 3.11. The second kappa shape index (κ2) is 7.11. The van der Waals surface area contributed by atoms with Gasteiger partial charge in [0.1, 0.15) is 5.01 Å². The van der Waals surface area contributed by atoms with Gasteiger partial charge in [0, 0.05) is 49.6 Å². The summed E-state index contributed by atoms with van der Waals surface area (Å²) in [6.07, 6.45) is 5.98. The summed E-state index contributed by atoms with van der Waals surface area (Å²) in [6, 6.07) is 2.04. The molecule has 1 spiro atoms. The fourth-order valence-electron chi connectivity index (χ4n) is 3.75. The first kappa shape index (κ1) is 17.1. The summed E-state index contributed by atoms with van der Waals surface area (Å²) >= 11 is 1.75. The normalized spacial score (nSPS) is 22.9. The minimum atomic E-state index is -0.0147. The van der Waals surface area contributed by atoms with E-state index in [1.165, 1.54) is 16.1 Å². The summed E-state index contributed by atoms with van der Waals surface area (Å²) in [5.41, 5.74) is 3.52. The van der Waals surface area contributed by atoms with Crippen LogP contribution >= 0.6 is 11.3 Å². The number of hydrogen-bond acceptors (Lipinski definition) is 6. The smallest absolute Gasteiger partial charge is 0.107 e. The maximum atomic E-state index is 6.19. The van der Waals surface area contributed by atoms with Crippen molar-refractivity contribution in [1.82, 2.24) is 14.9 Å². The molecule has 0 amide bonds. The Labute approximate surface area is 153 Å². The van der Waals surface area contributed by atoms with Crippen LogP contribution in [0.4, 0.5) is 0 Å². The van der Waals surface area contributed by atoms with Gasteiger partial charge in [0.05, 0.1) is 24.9 Å². The zero-order valence-electron chi connectivity index (χ0n) is 14.9. The molecule has 5 nitrogen and oxygen atoms in total. The van der Waals surface area contributed by atoms with Gasteiger partial charge >= 0.3 is 0 Å². The Morgan fingerprint density at radius 3 is 3.04 bits per heavy atom. The van der Waals surface area contributed by atoms with Crippen LogP contribution in [0.15, 0.2) is 23.8 Å². The maximum Gasteiger partial charge on any atom is 0.107 e. The Hall–Kier alpha value is -1.34. The fourth-order valence-corrected chi connectivity index (χ4v) is 4.56. The first-order valence-electron chi connectivity index (χ1n) is 8.90. The van der Waals surface area contributed by atoms with E-state index in [2.05, 4.69) is 27.2 Å². The lowest BCUT2D eigenvalue weighted by Gasteiger charge is -2.53. The third-order valence-corrected chi connectivity index (χ3v) is 6.07. The lowest BCUT2D eigenvalue weighted by atomic mass is 9.84. The van der Waals surface area contributed by atoms with E-state index in [0.717, 1.165) is 44.8 Å². The molecule has 2 aromatic rings. The van der Waals surface area contributed by atoms with Crippen LogP contribution in [-0.4, -0.2) is 46.3 Å². The molecule has 0 N–H and O–H groups in total. The summed E-state index contributed by atoms with van der Waals surface area (Å²) in [4.78, 5) is 11.2. The Kier molecular flexibility index (Phi) is 4.86. The number of pyridine rings is 1. The van der Waals surface area contributed by atoms with Gasteiger partial charge in [0.2, 0.25) is 0 Å². The topological polar surface area (TPSA) is 47.5 Å². The molecule has 4 rings (SSSR count). The first-order chi connectivity index (χ1) is 12.1. The number of aromatic nitrogens is 2. The van der Waals surface area contributed by atoms with Crippen molar-refractivity contribution in [3.63, 3.8) is 0 Å². The molecule has 2 saturated heterocycles. The van der Waals surface area contributed by atoms with E-state index < -0.39 is 0 Å². The highest BCUT2D eigenvalue weighted by Crippen LogP contribution is 2.36. The summed E-state index contributed by atoms with van der Waals surface area (Å²) in [6.45, 7) is 8.49. The fraction of sp³-hybridized carbons (Fsp3) is 0.579. The summed E-state index contributed by atoms with van der Waals surface area (Å²) in [7, 11) is 0. The van der Waals surface area contributed by atoms with Crippen molar-refractivity contribution in [3.8, 4) is 0 Å². The van der Waals surface area contributed by atoms with E-state index in [0.29, 0.717) is 6.61 Å². The van der Waals surface area contributed by atoms with Gasteiger partial charge in [-0.3, -0.25) is 9.88 Å². The number of hydrogen-bond donors (Lipinski definition) is 0. The number of ether oxygens (including phenoxy) is 2. The van der Waals surface area contributed by atoms with Crippen LogP contribution in [0.25, 0.3) is 0 Å². The van der Waals surface area contributed by atoms with Gasteiger partial charge in [0.25, 0.3) is 0 Å². The van der Waals surface area contributed by atoms with Crippen molar-refractivity contribution in [2.45, 2.75) is 51.5 Å². The van der Waals surface area contributed by atoms with Gasteiger partial charge < -0.3 is 9.47 Å². The predicted molar refractivity (Wildman–Crippen MR) is 97.6 cm³/mol. The number of likely N-dealkylation sites (tertiary alicyclic amines) is 1. The van der Waals surface area contributed by atoms with Gasteiger partial charge in [-0.05, 0) is 37.5 Å². The molecule has 2 fully saturated rings. The maximum absolute atomic E-state index is 6.19. The van der Waals surface area contributed by atoms with Crippen molar-refractivity contribution >= 4 is 11.3 Å². The number of thiazole rings is 1. The van der Waals surface area contributed by atoms with E-state index in [-0.39, 0.29) is 11.7 Å². The molecule has 0 aliphatic carbocycles. The second-order valence-electron chi connectivity index (χ2n) is 7.29. The Balaban J connectivity index is 1.28. The van der Waals surface area contributed by atoms with Gasteiger partial charge in [0.15, 0.2) is 0 Å². The average molecular weight is 359 g/mol. The van der Waals surface area contributed by atoms with Crippen LogP contribution in [0.2, 0.25) is 0 Å². The quantitative estimate of drug-likeness (QED) is 0.821. The third-order valence-electron chi connectivity index (χ3n) is 5.12. The molecule has 0 aromatic carbocycles. The van der Waals surface area contributed by atoms with E-state index in [9.17, 15) is 0 Å². The van der Waals surface area contributed by atoms with E-state index >= 15 is 0 Å². The highest BCUT2D eigenvalue weighted by atomic mass is 32.1. The van der Waals surface area contributed by atoms with Crippen molar-refractivity contribution in [3.05, 3.63) is 45.7 Å². The Morgan fingerprint density at radius 2 is 2.28 bits per heavy atom. The Bertz CT molecular complexity index is 727. The van der Waals surface area contributed by atoms with Crippen LogP contribution in [0.3, 0.4) is 0 Å². The molecule has 25 heavy (non-hydrogen) atoms. The van der Waals surface area contributed by atoms with E-state index in [1.54, 1.807) is 11.3 Å². The summed E-state index contributed by atoms with van der Waals surface area (Å²) < 4.78 is 12.3. The largest absolute Gasteiger partial charge is 0.373 e. The number of aryl methyl sites for hydroxylation is 2. The molecular weight excluding hydrogens is 334 g/mol. The molecule has 0 bridgehead atoms. The van der Waals surface area contributed by atoms with Crippen molar-refractivity contribution in [2.75, 3.05) is 19.7 Å². The molecule has 0 saturated carbocycles. The lowest BCUT2D eigenvalue weighted by molar-refractivity contribution is -0.200. The molecule has 2 aliphatic heterocycles. The second-order valence-corrected chi connectivity index (χ2v) is 8.23. The van der Waals surface area contributed by atoms with Crippen LogP contribution in [-0.2, 0) is 22.6 Å². The minimum Gasteiger partial charge on any atom is -0.373 e. The van der Waals surface area contributed by atoms with Gasteiger partial charge in [-0.1, -0.05) is 0 Å². The minimum absolute atomic E-state index is 0.0147. The van der Waals surface area contributed by atoms with Crippen LogP contribution < -0.4 is 0 Å². The van der Waals surface area contributed by atoms with Gasteiger partial charge in [-0.15, -0.1) is 11.3 Å².